The second-order valence-corrected chi connectivity index (χ2v) is 21.3. The number of furan rings is 1. The fourth-order valence-corrected chi connectivity index (χ4v) is 11.2. The second-order valence-electron chi connectivity index (χ2n) is 21.3. The average molecular weight is 916 g/mol. The first-order chi connectivity index (χ1) is 34.5. The Morgan fingerprint density at radius 2 is 0.803 bits per heavy atom. The Bertz CT molecular complexity index is 3660. The predicted molar refractivity (Wildman–Crippen MR) is 299 cm³/mol. The van der Waals surface area contributed by atoms with E-state index in [0.29, 0.717) is 0 Å². The number of fused-ring (bicyclic) bond motifs is 6. The van der Waals surface area contributed by atoms with Gasteiger partial charge in [-0.25, -0.2) is 0 Å². The molecule has 1 aromatic heterocycles. The molecule has 2 nitrogen and oxygen atoms in total. The van der Waals surface area contributed by atoms with Gasteiger partial charge in [0.25, 0.3) is 0 Å². The lowest BCUT2D eigenvalue weighted by molar-refractivity contribution is 0.588. The molecule has 0 bridgehead atoms. The Kier molecular flexibility index (Phi) is 10.6. The van der Waals surface area contributed by atoms with Crippen LogP contribution in [0.15, 0.2) is 241 Å². The van der Waals surface area contributed by atoms with Crippen LogP contribution in [0.5, 0.6) is 0 Å². The van der Waals surface area contributed by atoms with Crippen molar-refractivity contribution < 1.29 is 4.42 Å². The van der Waals surface area contributed by atoms with Crippen molar-refractivity contribution in [3.63, 3.8) is 0 Å². The number of nitrogens with zero attached hydrogens (tertiary/aromatic N) is 1. The van der Waals surface area contributed by atoms with Crippen LogP contribution in [0.2, 0.25) is 0 Å². The van der Waals surface area contributed by atoms with Crippen molar-refractivity contribution >= 4 is 39.0 Å². The fraction of sp³-hybridized carbons (Fsp3) is 0.130. The van der Waals surface area contributed by atoms with Crippen molar-refractivity contribution in [1.29, 1.82) is 0 Å². The highest BCUT2D eigenvalue weighted by Crippen LogP contribution is 2.60. The third-order valence-electron chi connectivity index (χ3n) is 14.9. The molecule has 0 aliphatic heterocycles. The molecule has 0 saturated carbocycles. The van der Waals surface area contributed by atoms with Gasteiger partial charge in [0, 0.05) is 33.3 Å². The fourth-order valence-electron chi connectivity index (χ4n) is 11.2. The molecule has 10 aromatic carbocycles. The highest BCUT2D eigenvalue weighted by molar-refractivity contribution is 6.09. The number of para-hydroxylation sites is 2. The molecule has 2 heteroatoms. The van der Waals surface area contributed by atoms with Crippen LogP contribution >= 0.6 is 0 Å². The van der Waals surface area contributed by atoms with Crippen molar-refractivity contribution in [3.8, 4) is 44.5 Å². The molecule has 0 radical (unpaired) electrons. The number of anilines is 3. The van der Waals surface area contributed by atoms with E-state index >= 15 is 0 Å². The first-order valence-corrected chi connectivity index (χ1v) is 25.0. The summed E-state index contributed by atoms with van der Waals surface area (Å²) in [5.74, 6) is 0. The molecule has 344 valence electrons. The van der Waals surface area contributed by atoms with E-state index in [2.05, 4.69) is 277 Å². The van der Waals surface area contributed by atoms with Gasteiger partial charge >= 0.3 is 0 Å². The summed E-state index contributed by atoms with van der Waals surface area (Å²) < 4.78 is 6.54. The molecule has 0 N–H and O–H groups in total. The van der Waals surface area contributed by atoms with Gasteiger partial charge in [0.15, 0.2) is 0 Å². The van der Waals surface area contributed by atoms with Gasteiger partial charge in [-0.05, 0) is 114 Å². The van der Waals surface area contributed by atoms with Crippen molar-refractivity contribution in [2.24, 2.45) is 0 Å². The molecule has 1 aliphatic carbocycles. The Morgan fingerprint density at radius 1 is 0.352 bits per heavy atom. The highest BCUT2D eigenvalue weighted by Gasteiger charge is 2.47. The van der Waals surface area contributed by atoms with Gasteiger partial charge < -0.3 is 9.32 Å². The third-order valence-corrected chi connectivity index (χ3v) is 14.9. The lowest BCUT2D eigenvalue weighted by Crippen LogP contribution is -2.29. The number of hydrogen-bond acceptors (Lipinski definition) is 2. The van der Waals surface area contributed by atoms with Crippen molar-refractivity contribution in [1.82, 2.24) is 0 Å². The Hall–Kier alpha value is -8.20. The summed E-state index contributed by atoms with van der Waals surface area (Å²) >= 11 is 0. The Morgan fingerprint density at radius 3 is 1.39 bits per heavy atom. The van der Waals surface area contributed by atoms with Gasteiger partial charge in [0.1, 0.15) is 11.2 Å². The third kappa shape index (κ3) is 7.49. The maximum atomic E-state index is 6.54. The minimum absolute atomic E-state index is 0.0223. The van der Waals surface area contributed by atoms with Crippen LogP contribution in [-0.2, 0) is 16.2 Å². The van der Waals surface area contributed by atoms with Crippen molar-refractivity contribution in [2.75, 3.05) is 4.90 Å². The molecule has 11 aromatic rings. The quantitative estimate of drug-likeness (QED) is 0.151. The standard InChI is InChI=1S/C69H57NO/c1-67(2,3)51-34-38-53(39-35-51)69(54-40-36-52(37-41-54)68(4,5)6)61-22-12-10-19-60(61)65-62(69)23-15-24-63(65)70(55-42-30-49(31-43-55)48-28-26-47(27-29-48)46-16-8-7-9-17-46)56-44-32-50(33-45-56)57-20-14-21-59-58-18-11-13-25-64(58)71-66(57)59/h7-45H,1-6H3. The zero-order valence-corrected chi connectivity index (χ0v) is 41.4. The van der Waals surface area contributed by atoms with Crippen LogP contribution in [0.25, 0.3) is 66.4 Å². The summed E-state index contributed by atoms with van der Waals surface area (Å²) in [7, 11) is 0. The van der Waals surface area contributed by atoms with E-state index < -0.39 is 5.41 Å². The van der Waals surface area contributed by atoms with E-state index in [1.165, 1.54) is 66.8 Å². The molecular weight excluding hydrogens is 859 g/mol. The minimum atomic E-state index is -0.578. The van der Waals surface area contributed by atoms with E-state index in [4.69, 9.17) is 4.42 Å². The van der Waals surface area contributed by atoms with E-state index in [-0.39, 0.29) is 10.8 Å². The molecule has 0 amide bonds. The average Bonchev–Trinajstić information content (AvgIpc) is 3.94. The molecule has 0 atom stereocenters. The molecule has 0 spiro atoms. The summed E-state index contributed by atoms with van der Waals surface area (Å²) in [5, 5.41) is 2.26. The van der Waals surface area contributed by atoms with Gasteiger partial charge in [-0.1, -0.05) is 242 Å². The SMILES string of the molecule is CC(C)(C)c1ccc(C2(c3ccc(C(C)(C)C)cc3)c3ccccc3-c3c(N(c4ccc(-c5ccc(-c6ccccc6)cc5)cc4)c4ccc(-c5cccc6c5oc5ccccc56)cc4)cccc32)cc1. The van der Waals surface area contributed by atoms with E-state index in [1.54, 1.807) is 0 Å². The Balaban J connectivity index is 1.05. The maximum absolute atomic E-state index is 6.54. The molecule has 0 unspecified atom stereocenters. The summed E-state index contributed by atoms with van der Waals surface area (Å²) in [4.78, 5) is 2.46. The minimum Gasteiger partial charge on any atom is -0.455 e. The summed E-state index contributed by atoms with van der Waals surface area (Å²) in [6.45, 7) is 13.8. The molecule has 0 fully saturated rings. The van der Waals surface area contributed by atoms with Crippen LogP contribution in [-0.4, -0.2) is 0 Å². The molecule has 1 heterocycles. The van der Waals surface area contributed by atoms with E-state index in [9.17, 15) is 0 Å². The second kappa shape index (κ2) is 17.0. The normalized spacial score (nSPS) is 13.0. The first-order valence-electron chi connectivity index (χ1n) is 25.0. The Labute approximate surface area is 418 Å². The first kappa shape index (κ1) is 44.0. The highest BCUT2D eigenvalue weighted by atomic mass is 16.3. The van der Waals surface area contributed by atoms with Crippen molar-refractivity contribution in [2.45, 2.75) is 57.8 Å². The molecule has 0 saturated heterocycles. The maximum Gasteiger partial charge on any atom is 0.143 e. The van der Waals surface area contributed by atoms with E-state index in [1.807, 2.05) is 6.07 Å². The topological polar surface area (TPSA) is 16.4 Å². The van der Waals surface area contributed by atoms with Gasteiger partial charge in [-0.2, -0.15) is 0 Å². The lowest BCUT2D eigenvalue weighted by Gasteiger charge is -2.35. The summed E-state index contributed by atoms with van der Waals surface area (Å²) in [6.07, 6.45) is 0. The zero-order valence-electron chi connectivity index (χ0n) is 41.4. The van der Waals surface area contributed by atoms with Crippen LogP contribution in [0.3, 0.4) is 0 Å². The summed E-state index contributed by atoms with van der Waals surface area (Å²) in [6, 6.07) is 87.5. The number of rotatable bonds is 8. The molecule has 1 aliphatic rings. The van der Waals surface area contributed by atoms with Gasteiger partial charge in [-0.3, -0.25) is 0 Å². The van der Waals surface area contributed by atoms with Crippen LogP contribution in [0.1, 0.15) is 74.9 Å². The molecule has 12 rings (SSSR count). The zero-order chi connectivity index (χ0) is 48.5. The number of benzene rings is 10. The van der Waals surface area contributed by atoms with Crippen molar-refractivity contribution in [3.05, 3.63) is 270 Å². The monoisotopic (exact) mass is 915 g/mol. The molecular formula is C69H57NO. The van der Waals surface area contributed by atoms with Crippen LogP contribution in [0, 0.1) is 0 Å². The van der Waals surface area contributed by atoms with E-state index in [0.717, 1.165) is 50.1 Å². The van der Waals surface area contributed by atoms with Crippen LogP contribution in [0.4, 0.5) is 17.1 Å². The van der Waals surface area contributed by atoms with Gasteiger partial charge in [0.05, 0.1) is 11.1 Å². The predicted octanol–water partition coefficient (Wildman–Crippen LogP) is 19.0. The lowest BCUT2D eigenvalue weighted by atomic mass is 9.67. The largest absolute Gasteiger partial charge is 0.455 e. The summed E-state index contributed by atoms with van der Waals surface area (Å²) in [5.41, 5.74) is 21.7. The van der Waals surface area contributed by atoms with Crippen LogP contribution < -0.4 is 4.90 Å². The van der Waals surface area contributed by atoms with Gasteiger partial charge in [-0.15, -0.1) is 0 Å². The van der Waals surface area contributed by atoms with Gasteiger partial charge in [0.2, 0.25) is 0 Å². The smallest absolute Gasteiger partial charge is 0.143 e. The molecule has 71 heavy (non-hydrogen) atoms. The number of hydrogen-bond donors (Lipinski definition) is 0.